The van der Waals surface area contributed by atoms with Gasteiger partial charge >= 0.3 is 0 Å². The third-order valence-corrected chi connectivity index (χ3v) is 3.60. The standard InChI is InChI=1S/C16H19N3O/c1-3-8-17-16-11(2)14(18-10-19-16)13-6-4-5-12-7-9-20-15(12)13/h4-6,10H,3,7-9H2,1-2H3,(H,17,18,19). The lowest BCUT2D eigenvalue weighted by atomic mass is 10.0. The molecule has 0 radical (unpaired) electrons. The van der Waals surface area contributed by atoms with Gasteiger partial charge in [0.25, 0.3) is 0 Å². The van der Waals surface area contributed by atoms with Gasteiger partial charge in [-0.1, -0.05) is 19.1 Å². The van der Waals surface area contributed by atoms with Crippen LogP contribution in [0, 0.1) is 6.92 Å². The molecule has 1 aromatic carbocycles. The maximum absolute atomic E-state index is 5.78. The van der Waals surface area contributed by atoms with Crippen molar-refractivity contribution in [2.45, 2.75) is 26.7 Å². The number of aromatic nitrogens is 2. The maximum atomic E-state index is 5.78. The molecule has 20 heavy (non-hydrogen) atoms. The van der Waals surface area contributed by atoms with Gasteiger partial charge in [0.15, 0.2) is 0 Å². The number of nitrogens with one attached hydrogen (secondary N) is 1. The molecule has 0 unspecified atom stereocenters. The summed E-state index contributed by atoms with van der Waals surface area (Å²) in [5, 5.41) is 3.35. The minimum absolute atomic E-state index is 0.761. The van der Waals surface area contributed by atoms with Crippen LogP contribution in [0.4, 0.5) is 5.82 Å². The van der Waals surface area contributed by atoms with Gasteiger partial charge in [-0.25, -0.2) is 9.97 Å². The van der Waals surface area contributed by atoms with Gasteiger partial charge < -0.3 is 10.1 Å². The largest absolute Gasteiger partial charge is 0.492 e. The fourth-order valence-corrected chi connectivity index (χ4v) is 2.54. The van der Waals surface area contributed by atoms with Gasteiger partial charge in [0, 0.05) is 24.1 Å². The first-order valence-electron chi connectivity index (χ1n) is 7.11. The lowest BCUT2D eigenvalue weighted by Gasteiger charge is -2.13. The number of rotatable bonds is 4. The van der Waals surface area contributed by atoms with E-state index in [0.29, 0.717) is 0 Å². The zero-order valence-electron chi connectivity index (χ0n) is 11.9. The van der Waals surface area contributed by atoms with Crippen molar-refractivity contribution in [2.24, 2.45) is 0 Å². The van der Waals surface area contributed by atoms with E-state index in [9.17, 15) is 0 Å². The average Bonchev–Trinajstić information content (AvgIpc) is 2.95. The lowest BCUT2D eigenvalue weighted by molar-refractivity contribution is 0.358. The van der Waals surface area contributed by atoms with Gasteiger partial charge in [0.2, 0.25) is 0 Å². The van der Waals surface area contributed by atoms with E-state index in [1.165, 1.54) is 5.56 Å². The molecule has 2 aromatic rings. The maximum Gasteiger partial charge on any atom is 0.132 e. The van der Waals surface area contributed by atoms with Crippen molar-refractivity contribution in [1.82, 2.24) is 9.97 Å². The average molecular weight is 269 g/mol. The Balaban J connectivity index is 2.05. The fraction of sp³-hybridized carbons (Fsp3) is 0.375. The molecule has 4 heteroatoms. The lowest BCUT2D eigenvalue weighted by Crippen LogP contribution is -2.05. The molecule has 0 saturated heterocycles. The Labute approximate surface area is 119 Å². The summed E-state index contributed by atoms with van der Waals surface area (Å²) in [6.45, 7) is 5.88. The Kier molecular flexibility index (Phi) is 3.54. The number of benzene rings is 1. The van der Waals surface area contributed by atoms with Gasteiger partial charge in [-0.15, -0.1) is 0 Å². The summed E-state index contributed by atoms with van der Waals surface area (Å²) >= 11 is 0. The van der Waals surface area contributed by atoms with E-state index < -0.39 is 0 Å². The molecule has 1 aliphatic rings. The minimum atomic E-state index is 0.761. The molecule has 4 nitrogen and oxygen atoms in total. The smallest absolute Gasteiger partial charge is 0.132 e. The van der Waals surface area contributed by atoms with Crippen LogP contribution in [0.3, 0.4) is 0 Å². The summed E-state index contributed by atoms with van der Waals surface area (Å²) in [4.78, 5) is 8.80. The highest BCUT2D eigenvalue weighted by molar-refractivity contribution is 5.75. The van der Waals surface area contributed by atoms with E-state index in [2.05, 4.69) is 47.3 Å². The number of hydrogen-bond donors (Lipinski definition) is 1. The van der Waals surface area contributed by atoms with Crippen molar-refractivity contribution in [3.63, 3.8) is 0 Å². The molecule has 2 heterocycles. The molecule has 1 aliphatic heterocycles. The van der Waals surface area contributed by atoms with Crippen LogP contribution in [-0.4, -0.2) is 23.1 Å². The third kappa shape index (κ3) is 2.22. The molecule has 0 saturated carbocycles. The Bertz CT molecular complexity index is 625. The molecular weight excluding hydrogens is 250 g/mol. The number of hydrogen-bond acceptors (Lipinski definition) is 4. The molecule has 0 bridgehead atoms. The quantitative estimate of drug-likeness (QED) is 0.926. The Morgan fingerprint density at radius 1 is 1.30 bits per heavy atom. The van der Waals surface area contributed by atoms with Crippen LogP contribution >= 0.6 is 0 Å². The van der Waals surface area contributed by atoms with Crippen LogP contribution in [0.1, 0.15) is 24.5 Å². The van der Waals surface area contributed by atoms with Crippen LogP contribution in [0.2, 0.25) is 0 Å². The number of nitrogens with zero attached hydrogens (tertiary/aromatic N) is 2. The van der Waals surface area contributed by atoms with Crippen LogP contribution in [0.15, 0.2) is 24.5 Å². The molecule has 0 spiro atoms. The van der Waals surface area contributed by atoms with Crippen molar-refractivity contribution in [3.05, 3.63) is 35.7 Å². The Hall–Kier alpha value is -2.10. The van der Waals surface area contributed by atoms with Crippen molar-refractivity contribution < 1.29 is 4.74 Å². The Morgan fingerprint density at radius 2 is 2.20 bits per heavy atom. The van der Waals surface area contributed by atoms with E-state index in [1.54, 1.807) is 6.33 Å². The molecule has 0 aliphatic carbocycles. The monoisotopic (exact) mass is 269 g/mol. The SMILES string of the molecule is CCCNc1ncnc(-c2cccc3c2OCC3)c1C. The molecule has 1 N–H and O–H groups in total. The summed E-state index contributed by atoms with van der Waals surface area (Å²) in [5.74, 6) is 1.89. The van der Waals surface area contributed by atoms with E-state index in [-0.39, 0.29) is 0 Å². The second-order valence-corrected chi connectivity index (χ2v) is 5.01. The first-order valence-corrected chi connectivity index (χ1v) is 7.11. The first kappa shape index (κ1) is 12.9. The van der Waals surface area contributed by atoms with Crippen molar-refractivity contribution in [2.75, 3.05) is 18.5 Å². The van der Waals surface area contributed by atoms with Gasteiger partial charge in [-0.05, 0) is 25.0 Å². The molecule has 3 rings (SSSR count). The van der Waals surface area contributed by atoms with Gasteiger partial charge in [0.05, 0.1) is 12.3 Å². The number of fused-ring (bicyclic) bond motifs is 1. The summed E-state index contributed by atoms with van der Waals surface area (Å²) in [6.07, 6.45) is 3.67. The minimum Gasteiger partial charge on any atom is -0.492 e. The van der Waals surface area contributed by atoms with Crippen LogP contribution in [-0.2, 0) is 6.42 Å². The normalized spacial score (nSPS) is 12.9. The highest BCUT2D eigenvalue weighted by Crippen LogP contribution is 2.37. The second kappa shape index (κ2) is 5.49. The summed E-state index contributed by atoms with van der Waals surface area (Å²) in [7, 11) is 0. The second-order valence-electron chi connectivity index (χ2n) is 5.01. The molecule has 104 valence electrons. The first-order chi connectivity index (χ1) is 9.81. The van der Waals surface area contributed by atoms with Gasteiger partial charge in [0.1, 0.15) is 17.9 Å². The van der Waals surface area contributed by atoms with E-state index in [1.807, 2.05) is 0 Å². The van der Waals surface area contributed by atoms with Gasteiger partial charge in [-0.3, -0.25) is 0 Å². The highest BCUT2D eigenvalue weighted by Gasteiger charge is 2.19. The number of anilines is 1. The number of para-hydroxylation sites is 1. The van der Waals surface area contributed by atoms with Crippen LogP contribution < -0.4 is 10.1 Å². The molecule has 0 amide bonds. The van der Waals surface area contributed by atoms with Crippen molar-refractivity contribution >= 4 is 5.82 Å². The van der Waals surface area contributed by atoms with Crippen LogP contribution in [0.25, 0.3) is 11.3 Å². The highest BCUT2D eigenvalue weighted by atomic mass is 16.5. The van der Waals surface area contributed by atoms with Crippen molar-refractivity contribution in [3.8, 4) is 17.0 Å². The zero-order valence-corrected chi connectivity index (χ0v) is 11.9. The van der Waals surface area contributed by atoms with E-state index in [0.717, 1.165) is 54.4 Å². The zero-order chi connectivity index (χ0) is 13.9. The summed E-state index contributed by atoms with van der Waals surface area (Å²) in [6, 6.07) is 6.27. The number of ether oxygens (including phenoxy) is 1. The predicted molar refractivity (Wildman–Crippen MR) is 80.2 cm³/mol. The molecule has 1 aromatic heterocycles. The molecule has 0 atom stereocenters. The predicted octanol–water partition coefficient (Wildman–Crippen LogP) is 3.21. The third-order valence-electron chi connectivity index (χ3n) is 3.60. The van der Waals surface area contributed by atoms with Crippen molar-refractivity contribution in [1.29, 1.82) is 0 Å². The fourth-order valence-electron chi connectivity index (χ4n) is 2.54. The Morgan fingerprint density at radius 3 is 3.05 bits per heavy atom. The molecule has 0 fully saturated rings. The van der Waals surface area contributed by atoms with E-state index in [4.69, 9.17) is 4.74 Å². The van der Waals surface area contributed by atoms with Gasteiger partial charge in [-0.2, -0.15) is 0 Å². The molecular formula is C16H19N3O. The summed E-state index contributed by atoms with van der Waals surface area (Å²) < 4.78 is 5.78. The van der Waals surface area contributed by atoms with Crippen LogP contribution in [0.5, 0.6) is 5.75 Å². The topological polar surface area (TPSA) is 47.0 Å². The summed E-state index contributed by atoms with van der Waals surface area (Å²) in [5.41, 5.74) is 4.37. The van der Waals surface area contributed by atoms with E-state index >= 15 is 0 Å².